The van der Waals surface area contributed by atoms with Crippen LogP contribution in [0.2, 0.25) is 0 Å². The Kier molecular flexibility index (Phi) is 15.2. The number of ether oxygens (including phenoxy) is 5. The molecule has 380 valence electrons. The molecule has 0 aliphatic heterocycles. The van der Waals surface area contributed by atoms with Crippen molar-refractivity contribution in [2.24, 2.45) is 0 Å². The second-order valence-electron chi connectivity index (χ2n) is 11.1. The first-order valence-corrected chi connectivity index (χ1v) is 13.6. The molecule has 0 radical (unpaired) electrons. The van der Waals surface area contributed by atoms with Gasteiger partial charge in [-0.25, -0.2) is 0 Å². The lowest BCUT2D eigenvalue weighted by Crippen LogP contribution is -2.73. The van der Waals surface area contributed by atoms with Gasteiger partial charge >= 0.3 is 109 Å². The summed E-state index contributed by atoms with van der Waals surface area (Å²) in [5.74, 6) is -61.2. The van der Waals surface area contributed by atoms with Gasteiger partial charge in [0.1, 0.15) is 0 Å². The van der Waals surface area contributed by atoms with E-state index in [0.29, 0.717) is 9.47 Å². The number of halogens is 37. The van der Waals surface area contributed by atoms with Gasteiger partial charge < -0.3 is 0 Å². The van der Waals surface area contributed by atoms with Gasteiger partial charge in [-0.3, -0.25) is 23.7 Å². The molecule has 0 aromatic heterocycles. The first kappa shape index (κ1) is 60.2. The smallest absolute Gasteiger partial charge is 0.265 e. The topological polar surface area (TPSA) is 46.2 Å². The molecule has 0 aromatic rings. The first-order chi connectivity index (χ1) is 26.6. The summed E-state index contributed by atoms with van der Waals surface area (Å²) in [6.07, 6.45) is -103. The summed E-state index contributed by atoms with van der Waals surface area (Å²) in [6.45, 7) is 0.211. The van der Waals surface area contributed by atoms with Gasteiger partial charge in [-0.1, -0.05) is 13.3 Å². The van der Waals surface area contributed by atoms with Gasteiger partial charge in [0.25, 0.3) is 0 Å². The largest absolute Gasteiger partial charge is 0.462 e. The van der Waals surface area contributed by atoms with Gasteiger partial charge in [0.2, 0.25) is 0 Å². The predicted molar refractivity (Wildman–Crippen MR) is 110 cm³/mol. The van der Waals surface area contributed by atoms with Crippen LogP contribution < -0.4 is 0 Å². The van der Waals surface area contributed by atoms with Crippen LogP contribution in [0.5, 0.6) is 0 Å². The minimum absolute atomic E-state index is 0.211. The summed E-state index contributed by atoms with van der Waals surface area (Å²) in [5.41, 5.74) is 0. The summed E-state index contributed by atoms with van der Waals surface area (Å²) in [4.78, 5) is 0. The van der Waals surface area contributed by atoms with Crippen molar-refractivity contribution >= 4 is 0 Å². The van der Waals surface area contributed by atoms with Crippen molar-refractivity contribution in [3.8, 4) is 0 Å². The van der Waals surface area contributed by atoms with Gasteiger partial charge in [-0.2, -0.15) is 162 Å². The maximum atomic E-state index is 14.7. The predicted octanol–water partition coefficient (Wildman–Crippen LogP) is 12.8. The molecular weight excluding hydrogens is 1040 g/mol. The Hall–Kier alpha value is -2.79. The summed E-state index contributed by atoms with van der Waals surface area (Å²) in [5, 5.41) is 0. The van der Waals surface area contributed by atoms with Crippen molar-refractivity contribution in [1.82, 2.24) is 0 Å². The molecule has 5 nitrogen and oxygen atoms in total. The summed E-state index contributed by atoms with van der Waals surface area (Å²) >= 11 is 0. The fourth-order valence-electron chi connectivity index (χ4n) is 3.32. The van der Waals surface area contributed by atoms with Gasteiger partial charge in [-0.05, 0) is 0 Å². The molecule has 63 heavy (non-hydrogen) atoms. The van der Waals surface area contributed by atoms with Crippen molar-refractivity contribution < 1.29 is 186 Å². The van der Waals surface area contributed by atoms with Crippen molar-refractivity contribution in [2.45, 2.75) is 128 Å². The quantitative estimate of drug-likeness (QED) is 0.128. The molecule has 0 N–H and O–H groups in total. The van der Waals surface area contributed by atoms with Crippen LogP contribution in [-0.2, 0) is 23.7 Å². The zero-order chi connectivity index (χ0) is 51.9. The highest BCUT2D eigenvalue weighted by molar-refractivity contribution is 5.01. The highest BCUT2D eigenvalue weighted by Crippen LogP contribution is 2.63. The summed E-state index contributed by atoms with van der Waals surface area (Å²) in [6, 6.07) is 0. The van der Waals surface area contributed by atoms with E-state index in [4.69, 9.17) is 0 Å². The van der Waals surface area contributed by atoms with E-state index in [1.807, 2.05) is 0 Å². The molecule has 0 spiro atoms. The standard InChI is InChI=1S/C21H7F37O5/c1-2-3-4(22,23)6(26,12(34,35)36)59-18(51,52)8(28,14(40,41)42)61-20(55,56)10(30,16(46,47)48)63-21(57,58)9(29,15(43,44)45)62-19(53,54)7(27,13(37,38)39)60-17(49,50)5(24,25)11(31,32)33/h2-3H2,1H3. The average Bonchev–Trinajstić information content (AvgIpc) is 2.95. The molecule has 0 bridgehead atoms. The van der Waals surface area contributed by atoms with Crippen LogP contribution in [-0.4, -0.2) is 109 Å². The van der Waals surface area contributed by atoms with Crippen molar-refractivity contribution in [2.75, 3.05) is 0 Å². The molecule has 0 aliphatic rings. The molecule has 0 aliphatic carbocycles. The number of alkyl halides is 37. The Morgan fingerprint density at radius 2 is 0.413 bits per heavy atom. The third-order valence-electron chi connectivity index (χ3n) is 6.42. The van der Waals surface area contributed by atoms with E-state index in [9.17, 15) is 162 Å². The maximum Gasteiger partial charge on any atom is 0.462 e. The molecule has 0 saturated carbocycles. The number of hydrogen-bond acceptors (Lipinski definition) is 5. The van der Waals surface area contributed by atoms with Gasteiger partial charge in [0, 0.05) is 6.42 Å². The number of hydrogen-bond donors (Lipinski definition) is 0. The van der Waals surface area contributed by atoms with Crippen molar-refractivity contribution in [3.63, 3.8) is 0 Å². The van der Waals surface area contributed by atoms with Crippen LogP contribution >= 0.6 is 0 Å². The monoisotopic (exact) mass is 1040 g/mol. The van der Waals surface area contributed by atoms with Gasteiger partial charge in [0.15, 0.2) is 0 Å². The molecular formula is C21H7F37O5. The van der Waals surface area contributed by atoms with E-state index >= 15 is 0 Å². The highest BCUT2D eigenvalue weighted by atomic mass is 19.5. The van der Waals surface area contributed by atoms with Crippen molar-refractivity contribution in [3.05, 3.63) is 0 Å². The minimum Gasteiger partial charge on any atom is -0.265 e. The molecule has 0 heterocycles. The fraction of sp³-hybridized carbons (Fsp3) is 1.00. The van der Waals surface area contributed by atoms with E-state index in [2.05, 4.69) is 0 Å². The van der Waals surface area contributed by atoms with Crippen molar-refractivity contribution in [1.29, 1.82) is 0 Å². The second kappa shape index (κ2) is 15.9. The van der Waals surface area contributed by atoms with E-state index < -0.39 is 122 Å². The van der Waals surface area contributed by atoms with E-state index in [1.165, 1.54) is 4.74 Å². The molecule has 0 amide bonds. The van der Waals surface area contributed by atoms with Crippen LogP contribution in [0.1, 0.15) is 19.8 Å². The Bertz CT molecular complexity index is 1570. The van der Waals surface area contributed by atoms with Gasteiger partial charge in [0.05, 0.1) is 0 Å². The average molecular weight is 1040 g/mol. The lowest BCUT2D eigenvalue weighted by atomic mass is 10.0. The third-order valence-corrected chi connectivity index (χ3v) is 6.42. The highest BCUT2D eigenvalue weighted by Gasteiger charge is 2.92. The second-order valence-corrected chi connectivity index (χ2v) is 11.1. The molecule has 0 rings (SSSR count). The lowest BCUT2D eigenvalue weighted by Gasteiger charge is -2.45. The Balaban J connectivity index is 8.11. The summed E-state index contributed by atoms with van der Waals surface area (Å²) in [7, 11) is 0. The zero-order valence-electron chi connectivity index (χ0n) is 27.4. The van der Waals surface area contributed by atoms with Crippen LogP contribution in [0.15, 0.2) is 0 Å². The maximum absolute atomic E-state index is 14.7. The molecule has 5 atom stereocenters. The zero-order valence-corrected chi connectivity index (χ0v) is 27.4. The Morgan fingerprint density at radius 3 is 0.571 bits per heavy atom. The van der Waals surface area contributed by atoms with E-state index in [-0.39, 0.29) is 6.92 Å². The first-order valence-electron chi connectivity index (χ1n) is 13.6. The Labute approximate surface area is 316 Å². The fourth-order valence-corrected chi connectivity index (χ4v) is 3.32. The SMILES string of the molecule is CCCC(F)(F)C(F)(OC(F)(F)C(F)(OC(F)(F)C(F)(OC(F)(F)C(F)(OC(F)(F)C(F)(OC(F)(F)C(F)(F)C(F)(F)F)C(F)(F)F)C(F)(F)F)C(F)(F)F)C(F)(F)F)C(F)(F)F. The molecule has 42 heteroatoms. The van der Waals surface area contributed by atoms with Crippen LogP contribution in [0.25, 0.3) is 0 Å². The van der Waals surface area contributed by atoms with E-state index in [0.717, 1.165) is 9.47 Å². The van der Waals surface area contributed by atoms with Crippen LogP contribution in [0.4, 0.5) is 162 Å². The normalized spacial score (nSPS) is 20.7. The third kappa shape index (κ3) is 10.00. The van der Waals surface area contributed by atoms with Crippen LogP contribution in [0.3, 0.4) is 0 Å². The molecule has 0 saturated heterocycles. The van der Waals surface area contributed by atoms with E-state index in [1.54, 1.807) is 0 Å². The summed E-state index contributed by atoms with van der Waals surface area (Å²) < 4.78 is 505. The minimum atomic E-state index is -9.65. The molecule has 0 aromatic carbocycles. The van der Waals surface area contributed by atoms with Crippen LogP contribution in [0, 0.1) is 0 Å². The number of rotatable bonds is 18. The Morgan fingerprint density at radius 1 is 0.238 bits per heavy atom. The molecule has 0 fully saturated rings. The van der Waals surface area contributed by atoms with Gasteiger partial charge in [-0.15, -0.1) is 0 Å². The lowest BCUT2D eigenvalue weighted by molar-refractivity contribution is -0.602. The molecule has 5 unspecified atom stereocenters.